The largest absolute Gasteiger partial charge is 0.397 e. The zero-order valence-electron chi connectivity index (χ0n) is 11.4. The molecule has 0 atom stereocenters. The van der Waals surface area contributed by atoms with Gasteiger partial charge >= 0.3 is 0 Å². The fraction of sp³-hybridized carbons (Fsp3) is 0.188. The minimum absolute atomic E-state index is 0.0183. The van der Waals surface area contributed by atoms with Crippen LogP contribution in [0.2, 0.25) is 0 Å². The molecule has 0 aliphatic carbocycles. The summed E-state index contributed by atoms with van der Waals surface area (Å²) < 4.78 is 0. The Hall–Kier alpha value is -2.29. The van der Waals surface area contributed by atoms with Crippen LogP contribution < -0.4 is 11.1 Å². The summed E-state index contributed by atoms with van der Waals surface area (Å²) in [6, 6.07) is 11.5. The standard InChI is InChI=1S/C16H18N2O/c1-10-4-6-15(11(2)8-10)18-16-7-5-13(12(3)19)9-14(16)17/h4-9,18H,17H2,1-3H3. The molecule has 0 spiro atoms. The molecule has 0 fully saturated rings. The number of Topliss-reactive ketones (excluding diaryl/α,β-unsaturated/α-hetero) is 1. The van der Waals surface area contributed by atoms with Gasteiger partial charge in [-0.2, -0.15) is 0 Å². The van der Waals surface area contributed by atoms with Gasteiger partial charge in [-0.1, -0.05) is 17.7 Å². The molecule has 0 radical (unpaired) electrons. The van der Waals surface area contributed by atoms with E-state index in [9.17, 15) is 4.79 Å². The number of ketones is 1. The van der Waals surface area contributed by atoms with Crippen LogP contribution in [0.3, 0.4) is 0 Å². The summed E-state index contributed by atoms with van der Waals surface area (Å²) in [7, 11) is 0. The van der Waals surface area contributed by atoms with Crippen LogP contribution in [-0.4, -0.2) is 5.78 Å². The Bertz CT molecular complexity index is 633. The molecule has 3 nitrogen and oxygen atoms in total. The molecular formula is C16H18N2O. The Kier molecular flexibility index (Phi) is 3.56. The monoisotopic (exact) mass is 254 g/mol. The zero-order chi connectivity index (χ0) is 14.0. The number of hydrogen-bond donors (Lipinski definition) is 2. The third-order valence-corrected chi connectivity index (χ3v) is 3.11. The number of rotatable bonds is 3. The number of carbonyl (C=O) groups is 1. The lowest BCUT2D eigenvalue weighted by Crippen LogP contribution is -2.00. The number of benzene rings is 2. The second-order valence-corrected chi connectivity index (χ2v) is 4.80. The van der Waals surface area contributed by atoms with Crippen LogP contribution in [0.1, 0.15) is 28.4 Å². The maximum atomic E-state index is 11.3. The average molecular weight is 254 g/mol. The van der Waals surface area contributed by atoms with E-state index in [1.165, 1.54) is 12.5 Å². The topological polar surface area (TPSA) is 55.1 Å². The number of hydrogen-bond acceptors (Lipinski definition) is 3. The Labute approximate surface area is 113 Å². The van der Waals surface area contributed by atoms with Crippen molar-refractivity contribution in [1.82, 2.24) is 0 Å². The summed E-state index contributed by atoms with van der Waals surface area (Å²) in [4.78, 5) is 11.3. The lowest BCUT2D eigenvalue weighted by atomic mass is 10.1. The van der Waals surface area contributed by atoms with Crippen LogP contribution in [0.5, 0.6) is 0 Å². The minimum Gasteiger partial charge on any atom is -0.397 e. The zero-order valence-corrected chi connectivity index (χ0v) is 11.4. The molecule has 98 valence electrons. The number of carbonyl (C=O) groups excluding carboxylic acids is 1. The first-order valence-corrected chi connectivity index (χ1v) is 6.22. The SMILES string of the molecule is CC(=O)c1ccc(Nc2ccc(C)cc2C)c(N)c1. The summed E-state index contributed by atoms with van der Waals surface area (Å²) in [5, 5.41) is 3.30. The first kappa shape index (κ1) is 13.1. The smallest absolute Gasteiger partial charge is 0.159 e. The maximum absolute atomic E-state index is 11.3. The molecule has 0 bridgehead atoms. The van der Waals surface area contributed by atoms with Crippen molar-refractivity contribution in [3.05, 3.63) is 53.1 Å². The summed E-state index contributed by atoms with van der Waals surface area (Å²) in [6.07, 6.45) is 0. The van der Waals surface area contributed by atoms with Crippen LogP contribution in [0, 0.1) is 13.8 Å². The first-order valence-electron chi connectivity index (χ1n) is 6.22. The van der Waals surface area contributed by atoms with E-state index < -0.39 is 0 Å². The molecule has 0 aliphatic rings. The van der Waals surface area contributed by atoms with Crippen LogP contribution >= 0.6 is 0 Å². The van der Waals surface area contributed by atoms with Crippen molar-refractivity contribution in [3.63, 3.8) is 0 Å². The van der Waals surface area contributed by atoms with Crippen molar-refractivity contribution in [3.8, 4) is 0 Å². The molecule has 0 aromatic heterocycles. The van der Waals surface area contributed by atoms with Crippen molar-refractivity contribution in [1.29, 1.82) is 0 Å². The molecule has 0 heterocycles. The van der Waals surface area contributed by atoms with E-state index in [1.54, 1.807) is 12.1 Å². The van der Waals surface area contributed by atoms with Gasteiger partial charge in [0.2, 0.25) is 0 Å². The molecule has 0 amide bonds. The van der Waals surface area contributed by atoms with Crippen molar-refractivity contribution < 1.29 is 4.79 Å². The summed E-state index contributed by atoms with van der Waals surface area (Å²) >= 11 is 0. The number of aryl methyl sites for hydroxylation is 2. The molecule has 2 aromatic carbocycles. The molecule has 0 saturated heterocycles. The minimum atomic E-state index is 0.0183. The number of nitrogens with two attached hydrogens (primary N) is 1. The Balaban J connectivity index is 2.31. The Morgan fingerprint density at radius 1 is 1.05 bits per heavy atom. The van der Waals surface area contributed by atoms with E-state index in [4.69, 9.17) is 5.73 Å². The summed E-state index contributed by atoms with van der Waals surface area (Å²) in [6.45, 7) is 5.65. The van der Waals surface area contributed by atoms with E-state index in [-0.39, 0.29) is 5.78 Å². The molecule has 2 aromatic rings. The highest BCUT2D eigenvalue weighted by atomic mass is 16.1. The fourth-order valence-corrected chi connectivity index (χ4v) is 1.99. The summed E-state index contributed by atoms with van der Waals surface area (Å²) in [5.74, 6) is 0.0183. The molecule has 0 saturated carbocycles. The Morgan fingerprint density at radius 3 is 2.32 bits per heavy atom. The number of anilines is 3. The van der Waals surface area contributed by atoms with Gasteiger partial charge < -0.3 is 11.1 Å². The molecule has 19 heavy (non-hydrogen) atoms. The van der Waals surface area contributed by atoms with Crippen molar-refractivity contribution >= 4 is 22.8 Å². The van der Waals surface area contributed by atoms with Crippen molar-refractivity contribution in [2.45, 2.75) is 20.8 Å². The second kappa shape index (κ2) is 5.14. The molecule has 3 heteroatoms. The third kappa shape index (κ3) is 2.94. The highest BCUT2D eigenvalue weighted by Crippen LogP contribution is 2.26. The molecule has 3 N–H and O–H groups in total. The first-order chi connectivity index (χ1) is 8.97. The maximum Gasteiger partial charge on any atom is 0.159 e. The lowest BCUT2D eigenvalue weighted by molar-refractivity contribution is 0.101. The van der Waals surface area contributed by atoms with Crippen LogP contribution in [0.4, 0.5) is 17.1 Å². The van der Waals surface area contributed by atoms with E-state index in [0.29, 0.717) is 11.3 Å². The normalized spacial score (nSPS) is 10.3. The molecule has 2 rings (SSSR count). The predicted octanol–water partition coefficient (Wildman–Crippen LogP) is 3.83. The van der Waals surface area contributed by atoms with Crippen LogP contribution in [0.25, 0.3) is 0 Å². The highest BCUT2D eigenvalue weighted by molar-refractivity contribution is 5.96. The third-order valence-electron chi connectivity index (χ3n) is 3.11. The van der Waals surface area contributed by atoms with Crippen molar-refractivity contribution in [2.75, 3.05) is 11.1 Å². The van der Waals surface area contributed by atoms with Crippen LogP contribution in [0.15, 0.2) is 36.4 Å². The Morgan fingerprint density at radius 2 is 1.74 bits per heavy atom. The van der Waals surface area contributed by atoms with Gasteiger partial charge in [0.15, 0.2) is 5.78 Å². The van der Waals surface area contributed by atoms with Gasteiger partial charge in [-0.15, -0.1) is 0 Å². The van der Waals surface area contributed by atoms with E-state index >= 15 is 0 Å². The molecule has 0 aliphatic heterocycles. The van der Waals surface area contributed by atoms with Gasteiger partial charge in [-0.3, -0.25) is 4.79 Å². The van der Waals surface area contributed by atoms with Gasteiger partial charge in [0.25, 0.3) is 0 Å². The number of nitrogen functional groups attached to an aromatic ring is 1. The number of nitrogens with one attached hydrogen (secondary N) is 1. The quantitative estimate of drug-likeness (QED) is 0.646. The van der Waals surface area contributed by atoms with Gasteiger partial charge in [0.05, 0.1) is 11.4 Å². The molecule has 0 unspecified atom stereocenters. The highest BCUT2D eigenvalue weighted by Gasteiger charge is 2.05. The van der Waals surface area contributed by atoms with Crippen LogP contribution in [-0.2, 0) is 0 Å². The second-order valence-electron chi connectivity index (χ2n) is 4.80. The van der Waals surface area contributed by atoms with E-state index in [1.807, 2.05) is 12.1 Å². The molecular weight excluding hydrogens is 236 g/mol. The van der Waals surface area contributed by atoms with Gasteiger partial charge in [-0.05, 0) is 50.6 Å². The van der Waals surface area contributed by atoms with E-state index in [2.05, 4.69) is 31.3 Å². The van der Waals surface area contributed by atoms with Gasteiger partial charge in [0, 0.05) is 11.3 Å². The van der Waals surface area contributed by atoms with Gasteiger partial charge in [0.1, 0.15) is 0 Å². The lowest BCUT2D eigenvalue weighted by Gasteiger charge is -2.13. The summed E-state index contributed by atoms with van der Waals surface area (Å²) in [5.41, 5.74) is 11.4. The van der Waals surface area contributed by atoms with E-state index in [0.717, 1.165) is 16.9 Å². The fourth-order valence-electron chi connectivity index (χ4n) is 1.99. The van der Waals surface area contributed by atoms with Gasteiger partial charge in [-0.25, -0.2) is 0 Å². The van der Waals surface area contributed by atoms with Crippen molar-refractivity contribution in [2.24, 2.45) is 0 Å². The predicted molar refractivity (Wildman–Crippen MR) is 80.1 cm³/mol. The average Bonchev–Trinajstić information content (AvgIpc) is 2.34.